The second-order valence-electron chi connectivity index (χ2n) is 9.20. The fourth-order valence-corrected chi connectivity index (χ4v) is 4.30. The minimum atomic E-state index is -1.06. The van der Waals surface area contributed by atoms with Gasteiger partial charge in [-0.2, -0.15) is 4.98 Å². The van der Waals surface area contributed by atoms with Gasteiger partial charge in [-0.05, 0) is 36.6 Å². The Morgan fingerprint density at radius 2 is 1.85 bits per heavy atom. The van der Waals surface area contributed by atoms with E-state index in [1.54, 1.807) is 6.92 Å². The standard InChI is InChI=1S/C19H15ClN4O3.C8H14N2O3/c1-11-22-18(23-27-11)17-16(20)14-4-2-3-5-15(14)24(17)13-8-6-12(7-9-13)10-21-19(25)26;1-5(12)9-7(4-11)8(13)10-6-2-3-6/h2-9,21H,10H2,1H3,(H,25,26);6-7,11H,2-4H2,1H3,(H,9,12)(H,10,13). The second kappa shape index (κ2) is 12.6. The largest absolute Gasteiger partial charge is 0.465 e. The Kier molecular flexibility index (Phi) is 9.02. The third kappa shape index (κ3) is 6.96. The van der Waals surface area contributed by atoms with E-state index in [1.807, 2.05) is 53.1 Å². The minimum Gasteiger partial charge on any atom is -0.465 e. The van der Waals surface area contributed by atoms with Crippen molar-refractivity contribution in [2.45, 2.75) is 45.3 Å². The number of hydrogen-bond donors (Lipinski definition) is 5. The van der Waals surface area contributed by atoms with Gasteiger partial charge in [0.25, 0.3) is 0 Å². The number of aryl methyl sites for hydroxylation is 1. The van der Waals surface area contributed by atoms with Gasteiger partial charge in [-0.15, -0.1) is 0 Å². The van der Waals surface area contributed by atoms with Crippen LogP contribution in [0.4, 0.5) is 4.79 Å². The van der Waals surface area contributed by atoms with Gasteiger partial charge in [0.15, 0.2) is 0 Å². The van der Waals surface area contributed by atoms with Crippen LogP contribution in [0.1, 0.15) is 31.2 Å². The van der Waals surface area contributed by atoms with Crippen molar-refractivity contribution in [1.29, 1.82) is 0 Å². The first-order valence-corrected chi connectivity index (χ1v) is 12.9. The van der Waals surface area contributed by atoms with Crippen molar-refractivity contribution in [2.24, 2.45) is 0 Å². The highest BCUT2D eigenvalue weighted by molar-refractivity contribution is 6.38. The predicted molar refractivity (Wildman–Crippen MR) is 147 cm³/mol. The van der Waals surface area contributed by atoms with Crippen molar-refractivity contribution in [1.82, 2.24) is 30.7 Å². The van der Waals surface area contributed by atoms with Gasteiger partial charge >= 0.3 is 6.09 Å². The van der Waals surface area contributed by atoms with Crippen LogP contribution in [0.15, 0.2) is 53.1 Å². The number of carbonyl (C=O) groups is 3. The zero-order chi connectivity index (χ0) is 28.8. The quantitative estimate of drug-likeness (QED) is 0.216. The molecule has 0 spiro atoms. The summed E-state index contributed by atoms with van der Waals surface area (Å²) in [4.78, 5) is 36.9. The summed E-state index contributed by atoms with van der Waals surface area (Å²) in [6.45, 7) is 2.91. The molecular formula is C27H29ClN6O6. The molecule has 1 atom stereocenters. The van der Waals surface area contributed by atoms with Crippen LogP contribution in [-0.4, -0.2) is 61.5 Å². The number of hydrogen-bond acceptors (Lipinski definition) is 7. The topological polar surface area (TPSA) is 172 Å². The SMILES string of the molecule is CC(=O)NC(CO)C(=O)NC1CC1.Cc1nc(-c2c(Cl)c3ccccc3n2-c2ccc(CNC(=O)O)cc2)no1. The van der Waals surface area contributed by atoms with E-state index in [2.05, 4.69) is 26.1 Å². The zero-order valence-electron chi connectivity index (χ0n) is 21.8. The number of halogens is 1. The van der Waals surface area contributed by atoms with Crippen LogP contribution in [0.5, 0.6) is 0 Å². The third-order valence-corrected chi connectivity index (χ3v) is 6.37. The first-order chi connectivity index (χ1) is 19.2. The van der Waals surface area contributed by atoms with E-state index in [0.717, 1.165) is 35.0 Å². The molecule has 0 saturated heterocycles. The van der Waals surface area contributed by atoms with Gasteiger partial charge in [0.1, 0.15) is 11.7 Å². The molecule has 0 aliphatic heterocycles. The Morgan fingerprint density at radius 3 is 2.42 bits per heavy atom. The maximum atomic E-state index is 11.3. The number of amides is 3. The zero-order valence-corrected chi connectivity index (χ0v) is 22.6. The Hall–Kier alpha value is -4.42. The van der Waals surface area contributed by atoms with E-state index in [9.17, 15) is 14.4 Å². The molecule has 2 aromatic carbocycles. The molecule has 2 heterocycles. The molecule has 40 heavy (non-hydrogen) atoms. The van der Waals surface area contributed by atoms with Gasteiger partial charge in [0, 0.05) is 37.5 Å². The maximum Gasteiger partial charge on any atom is 0.404 e. The van der Waals surface area contributed by atoms with Crippen molar-refractivity contribution in [3.8, 4) is 17.2 Å². The van der Waals surface area contributed by atoms with Gasteiger partial charge in [0.05, 0.1) is 17.1 Å². The molecule has 2 aromatic heterocycles. The number of nitrogens with zero attached hydrogens (tertiary/aromatic N) is 3. The van der Waals surface area contributed by atoms with Gasteiger partial charge < -0.3 is 35.3 Å². The smallest absolute Gasteiger partial charge is 0.404 e. The highest BCUT2D eigenvalue weighted by Crippen LogP contribution is 2.38. The third-order valence-electron chi connectivity index (χ3n) is 5.99. The minimum absolute atomic E-state index is 0.236. The van der Waals surface area contributed by atoms with E-state index in [-0.39, 0.29) is 31.0 Å². The van der Waals surface area contributed by atoms with Gasteiger partial charge in [-0.1, -0.05) is 47.1 Å². The number of aliphatic hydroxyl groups is 1. The van der Waals surface area contributed by atoms with Crippen LogP contribution >= 0.6 is 11.6 Å². The molecule has 1 aliphatic rings. The molecule has 0 radical (unpaired) electrons. The van der Waals surface area contributed by atoms with Crippen molar-refractivity contribution < 1.29 is 29.1 Å². The number of aliphatic hydroxyl groups excluding tert-OH is 1. The van der Waals surface area contributed by atoms with Crippen molar-refractivity contribution in [2.75, 3.05) is 6.61 Å². The van der Waals surface area contributed by atoms with Crippen LogP contribution in [0, 0.1) is 6.92 Å². The van der Waals surface area contributed by atoms with Crippen LogP contribution in [0.25, 0.3) is 28.1 Å². The number of fused-ring (bicyclic) bond motifs is 1. The molecule has 1 saturated carbocycles. The molecule has 210 valence electrons. The number of carbonyl (C=O) groups excluding carboxylic acids is 2. The summed E-state index contributed by atoms with van der Waals surface area (Å²) in [5.74, 6) is 0.239. The summed E-state index contributed by atoms with van der Waals surface area (Å²) >= 11 is 6.65. The Balaban J connectivity index is 0.000000240. The van der Waals surface area contributed by atoms with Crippen LogP contribution in [0.3, 0.4) is 0 Å². The molecule has 12 nitrogen and oxygen atoms in total. The lowest BCUT2D eigenvalue weighted by Gasteiger charge is -2.14. The fourth-order valence-electron chi connectivity index (χ4n) is 3.97. The summed E-state index contributed by atoms with van der Waals surface area (Å²) in [5, 5.41) is 30.4. The number of para-hydroxylation sites is 1. The molecule has 13 heteroatoms. The Morgan fingerprint density at radius 1 is 1.15 bits per heavy atom. The van der Waals surface area contributed by atoms with Crippen molar-refractivity contribution in [3.05, 3.63) is 65.0 Å². The number of carboxylic acid groups (broad SMARTS) is 1. The molecular weight excluding hydrogens is 540 g/mol. The molecule has 4 aromatic rings. The summed E-state index contributed by atoms with van der Waals surface area (Å²) in [5.41, 5.74) is 3.26. The first-order valence-electron chi connectivity index (χ1n) is 12.5. The highest BCUT2D eigenvalue weighted by Gasteiger charge is 2.27. The Bertz CT molecular complexity index is 1510. The molecule has 1 fully saturated rings. The van der Waals surface area contributed by atoms with Gasteiger partial charge in [-0.3, -0.25) is 9.59 Å². The fraction of sp³-hybridized carbons (Fsp3) is 0.296. The van der Waals surface area contributed by atoms with Crippen LogP contribution in [0.2, 0.25) is 5.02 Å². The van der Waals surface area contributed by atoms with Gasteiger partial charge in [-0.25, -0.2) is 4.79 Å². The lowest BCUT2D eigenvalue weighted by molar-refractivity contribution is -0.129. The van der Waals surface area contributed by atoms with Gasteiger partial charge in [0.2, 0.25) is 23.5 Å². The monoisotopic (exact) mass is 568 g/mol. The number of benzene rings is 2. The van der Waals surface area contributed by atoms with Crippen molar-refractivity contribution in [3.63, 3.8) is 0 Å². The molecule has 5 rings (SSSR count). The average molecular weight is 569 g/mol. The normalized spacial score (nSPS) is 13.2. The van der Waals surface area contributed by atoms with Crippen molar-refractivity contribution >= 4 is 40.4 Å². The summed E-state index contributed by atoms with van der Waals surface area (Å²) in [7, 11) is 0. The number of aromatic nitrogens is 3. The lowest BCUT2D eigenvalue weighted by atomic mass is 10.2. The molecule has 0 bridgehead atoms. The van der Waals surface area contributed by atoms with E-state index >= 15 is 0 Å². The molecule has 1 unspecified atom stereocenters. The average Bonchev–Trinajstić information content (AvgIpc) is 3.57. The summed E-state index contributed by atoms with van der Waals surface area (Å²) in [6.07, 6.45) is 0.922. The maximum absolute atomic E-state index is 11.3. The van der Waals surface area contributed by atoms with E-state index < -0.39 is 12.1 Å². The molecule has 5 N–H and O–H groups in total. The van der Waals surface area contributed by atoms with Crippen LogP contribution in [-0.2, 0) is 16.1 Å². The predicted octanol–water partition coefficient (Wildman–Crippen LogP) is 3.17. The second-order valence-corrected chi connectivity index (χ2v) is 9.57. The molecule has 3 amide bonds. The molecule has 1 aliphatic carbocycles. The highest BCUT2D eigenvalue weighted by atomic mass is 35.5. The van der Waals surface area contributed by atoms with E-state index in [1.165, 1.54) is 6.92 Å². The first kappa shape index (κ1) is 28.6. The summed E-state index contributed by atoms with van der Waals surface area (Å²) in [6, 6.07) is 14.7. The van der Waals surface area contributed by atoms with E-state index in [0.29, 0.717) is 22.4 Å². The Labute approximate surface area is 234 Å². The van der Waals surface area contributed by atoms with E-state index in [4.69, 9.17) is 26.3 Å². The lowest BCUT2D eigenvalue weighted by Crippen LogP contribution is -2.48. The van der Waals surface area contributed by atoms with Crippen LogP contribution < -0.4 is 16.0 Å². The summed E-state index contributed by atoms with van der Waals surface area (Å²) < 4.78 is 7.11. The number of rotatable bonds is 8. The number of nitrogens with one attached hydrogen (secondary N) is 3.